The van der Waals surface area contributed by atoms with Gasteiger partial charge >= 0.3 is 0 Å². The number of hydrogen-bond acceptors (Lipinski definition) is 3. The fourth-order valence-electron chi connectivity index (χ4n) is 2.59. The van der Waals surface area contributed by atoms with Crippen molar-refractivity contribution in [2.24, 2.45) is 0 Å². The summed E-state index contributed by atoms with van der Waals surface area (Å²) in [5, 5.41) is 9.81. The van der Waals surface area contributed by atoms with Crippen LogP contribution in [0.3, 0.4) is 0 Å². The Balaban J connectivity index is 2.36. The molecule has 96 valence electrons. The van der Waals surface area contributed by atoms with Crippen LogP contribution in [0.4, 0.5) is 5.69 Å². The van der Waals surface area contributed by atoms with Gasteiger partial charge in [-0.05, 0) is 39.1 Å². The molecule has 1 atom stereocenters. The zero-order valence-corrected chi connectivity index (χ0v) is 11.6. The molecule has 2 rings (SSSR count). The predicted octanol–water partition coefficient (Wildman–Crippen LogP) is 2.74. The van der Waals surface area contributed by atoms with Crippen molar-refractivity contribution in [3.63, 3.8) is 0 Å². The standard InChI is InChI=1S/C14H18ClN3/c1-11-10-17(2)7-4-8-18(11)14-6-3-5-13(15)12(14)9-16/h3,5-6,11H,4,7-8,10H2,1-2H3. The van der Waals surface area contributed by atoms with E-state index in [4.69, 9.17) is 11.6 Å². The van der Waals surface area contributed by atoms with Gasteiger partial charge in [-0.25, -0.2) is 0 Å². The lowest BCUT2D eigenvalue weighted by Crippen LogP contribution is -2.38. The Hall–Kier alpha value is -1.24. The molecule has 0 saturated carbocycles. The van der Waals surface area contributed by atoms with Crippen LogP contribution >= 0.6 is 11.6 Å². The van der Waals surface area contributed by atoms with Crippen molar-refractivity contribution in [3.05, 3.63) is 28.8 Å². The van der Waals surface area contributed by atoms with Gasteiger partial charge in [-0.2, -0.15) is 5.26 Å². The van der Waals surface area contributed by atoms with Crippen LogP contribution in [-0.2, 0) is 0 Å². The van der Waals surface area contributed by atoms with Crippen molar-refractivity contribution in [1.82, 2.24) is 4.90 Å². The number of nitriles is 1. The van der Waals surface area contributed by atoms with Gasteiger partial charge in [-0.15, -0.1) is 0 Å². The van der Waals surface area contributed by atoms with E-state index < -0.39 is 0 Å². The normalized spacial score (nSPS) is 21.4. The minimum Gasteiger partial charge on any atom is -0.366 e. The third kappa shape index (κ3) is 2.60. The van der Waals surface area contributed by atoms with Gasteiger partial charge in [0.25, 0.3) is 0 Å². The first kappa shape index (κ1) is 13.2. The zero-order chi connectivity index (χ0) is 13.1. The molecule has 0 aliphatic carbocycles. The first-order valence-electron chi connectivity index (χ1n) is 6.27. The fraction of sp³-hybridized carbons (Fsp3) is 0.500. The van der Waals surface area contributed by atoms with Gasteiger partial charge in [0.15, 0.2) is 0 Å². The van der Waals surface area contributed by atoms with Crippen LogP contribution in [0.5, 0.6) is 0 Å². The van der Waals surface area contributed by atoms with E-state index in [0.717, 1.165) is 31.7 Å². The molecule has 0 amide bonds. The van der Waals surface area contributed by atoms with E-state index in [1.165, 1.54) is 0 Å². The maximum absolute atomic E-state index is 9.27. The number of halogens is 1. The summed E-state index contributed by atoms with van der Waals surface area (Å²) in [5.41, 5.74) is 1.56. The molecule has 0 radical (unpaired) electrons. The largest absolute Gasteiger partial charge is 0.366 e. The van der Waals surface area contributed by atoms with Crippen molar-refractivity contribution in [2.45, 2.75) is 19.4 Å². The van der Waals surface area contributed by atoms with Gasteiger partial charge in [0.05, 0.1) is 16.3 Å². The minimum atomic E-state index is 0.392. The van der Waals surface area contributed by atoms with E-state index in [-0.39, 0.29) is 0 Å². The summed E-state index contributed by atoms with van der Waals surface area (Å²) in [7, 11) is 2.14. The van der Waals surface area contributed by atoms with E-state index in [1.807, 2.05) is 12.1 Å². The molecule has 0 aromatic heterocycles. The maximum atomic E-state index is 9.27. The quantitative estimate of drug-likeness (QED) is 0.781. The lowest BCUT2D eigenvalue weighted by Gasteiger charge is -2.31. The van der Waals surface area contributed by atoms with Crippen molar-refractivity contribution < 1.29 is 0 Å². The monoisotopic (exact) mass is 263 g/mol. The number of anilines is 1. The molecule has 1 aromatic rings. The fourth-order valence-corrected chi connectivity index (χ4v) is 2.80. The molecule has 0 spiro atoms. The van der Waals surface area contributed by atoms with Crippen LogP contribution in [0.1, 0.15) is 18.9 Å². The van der Waals surface area contributed by atoms with Gasteiger partial charge in [0.1, 0.15) is 6.07 Å². The Kier molecular flexibility index (Phi) is 4.11. The predicted molar refractivity (Wildman–Crippen MR) is 75.1 cm³/mol. The van der Waals surface area contributed by atoms with Crippen molar-refractivity contribution in [2.75, 3.05) is 31.6 Å². The Morgan fingerprint density at radius 3 is 2.89 bits per heavy atom. The molecule has 3 nitrogen and oxygen atoms in total. The Morgan fingerprint density at radius 1 is 1.39 bits per heavy atom. The first-order valence-corrected chi connectivity index (χ1v) is 6.65. The lowest BCUT2D eigenvalue weighted by atomic mass is 10.1. The van der Waals surface area contributed by atoms with Crippen LogP contribution in [0.2, 0.25) is 5.02 Å². The van der Waals surface area contributed by atoms with E-state index in [2.05, 4.69) is 29.8 Å². The molecule has 0 bridgehead atoms. The summed E-state index contributed by atoms with van der Waals surface area (Å²) in [4.78, 5) is 4.63. The Bertz CT molecular complexity index is 467. The Morgan fingerprint density at radius 2 is 2.17 bits per heavy atom. The molecule has 1 unspecified atom stereocenters. The van der Waals surface area contributed by atoms with Gasteiger partial charge in [-0.1, -0.05) is 17.7 Å². The van der Waals surface area contributed by atoms with E-state index in [0.29, 0.717) is 16.6 Å². The highest BCUT2D eigenvalue weighted by Gasteiger charge is 2.22. The molecule has 1 saturated heterocycles. The summed E-state index contributed by atoms with van der Waals surface area (Å²) in [6, 6.07) is 8.30. The summed E-state index contributed by atoms with van der Waals surface area (Å²) in [5.74, 6) is 0. The SMILES string of the molecule is CC1CN(C)CCCN1c1cccc(Cl)c1C#N. The van der Waals surface area contributed by atoms with Crippen molar-refractivity contribution in [3.8, 4) is 6.07 Å². The third-order valence-electron chi connectivity index (χ3n) is 3.46. The molecule has 4 heteroatoms. The molecule has 1 aromatic carbocycles. The molecule has 1 aliphatic rings. The highest BCUT2D eigenvalue weighted by Crippen LogP contribution is 2.29. The van der Waals surface area contributed by atoms with Crippen LogP contribution in [0.15, 0.2) is 18.2 Å². The number of rotatable bonds is 1. The summed E-state index contributed by atoms with van der Waals surface area (Å²) >= 11 is 6.11. The molecule has 0 N–H and O–H groups in total. The number of likely N-dealkylation sites (N-methyl/N-ethyl adjacent to an activating group) is 1. The molecule has 18 heavy (non-hydrogen) atoms. The smallest absolute Gasteiger partial charge is 0.103 e. The van der Waals surface area contributed by atoms with Gasteiger partial charge < -0.3 is 9.80 Å². The first-order chi connectivity index (χ1) is 8.63. The van der Waals surface area contributed by atoms with Crippen LogP contribution in [-0.4, -0.2) is 37.6 Å². The molecular weight excluding hydrogens is 246 g/mol. The van der Waals surface area contributed by atoms with Crippen molar-refractivity contribution >= 4 is 17.3 Å². The van der Waals surface area contributed by atoms with Gasteiger partial charge in [-0.3, -0.25) is 0 Å². The molecule has 1 aliphatic heterocycles. The third-order valence-corrected chi connectivity index (χ3v) is 3.77. The number of benzene rings is 1. The lowest BCUT2D eigenvalue weighted by molar-refractivity contribution is 0.337. The molecular formula is C14H18ClN3. The Labute approximate surface area is 114 Å². The van der Waals surface area contributed by atoms with Crippen molar-refractivity contribution in [1.29, 1.82) is 5.26 Å². The van der Waals surface area contributed by atoms with Crippen LogP contribution in [0.25, 0.3) is 0 Å². The van der Waals surface area contributed by atoms with E-state index in [9.17, 15) is 5.26 Å². The minimum absolute atomic E-state index is 0.392. The van der Waals surface area contributed by atoms with Crippen LogP contribution < -0.4 is 4.90 Å². The van der Waals surface area contributed by atoms with Crippen LogP contribution in [0, 0.1) is 11.3 Å². The zero-order valence-electron chi connectivity index (χ0n) is 10.9. The average molecular weight is 264 g/mol. The second-order valence-electron chi connectivity index (χ2n) is 4.90. The second-order valence-corrected chi connectivity index (χ2v) is 5.31. The summed E-state index contributed by atoms with van der Waals surface area (Å²) < 4.78 is 0. The number of hydrogen-bond donors (Lipinski definition) is 0. The molecule has 1 heterocycles. The summed E-state index contributed by atoms with van der Waals surface area (Å²) in [6.07, 6.45) is 1.11. The highest BCUT2D eigenvalue weighted by molar-refractivity contribution is 6.32. The summed E-state index contributed by atoms with van der Waals surface area (Å²) in [6.45, 7) is 5.28. The van der Waals surface area contributed by atoms with Gasteiger partial charge in [0.2, 0.25) is 0 Å². The van der Waals surface area contributed by atoms with E-state index in [1.54, 1.807) is 6.07 Å². The van der Waals surface area contributed by atoms with E-state index >= 15 is 0 Å². The molecule has 1 fully saturated rings. The van der Waals surface area contributed by atoms with Gasteiger partial charge in [0, 0.05) is 19.1 Å². The highest BCUT2D eigenvalue weighted by atomic mass is 35.5. The topological polar surface area (TPSA) is 30.3 Å². The second kappa shape index (κ2) is 5.60. The number of nitrogens with zero attached hydrogens (tertiary/aromatic N) is 3. The maximum Gasteiger partial charge on any atom is 0.103 e. The average Bonchev–Trinajstić information content (AvgIpc) is 2.49.